The van der Waals surface area contributed by atoms with Crippen LogP contribution in [-0.4, -0.2) is 43.9 Å². The summed E-state index contributed by atoms with van der Waals surface area (Å²) in [6.45, 7) is 1.28. The normalized spacial score (nSPS) is 14.8. The van der Waals surface area contributed by atoms with Crippen LogP contribution in [0.15, 0.2) is 18.2 Å². The maximum absolute atomic E-state index is 12.3. The highest BCUT2D eigenvalue weighted by Gasteiger charge is 2.31. The summed E-state index contributed by atoms with van der Waals surface area (Å²) in [7, 11) is 3.11. The van der Waals surface area contributed by atoms with Gasteiger partial charge in [-0.25, -0.2) is 0 Å². The fourth-order valence-corrected chi connectivity index (χ4v) is 2.83. The summed E-state index contributed by atoms with van der Waals surface area (Å²) < 4.78 is 10.4. The van der Waals surface area contributed by atoms with Crippen molar-refractivity contribution in [2.75, 3.05) is 27.3 Å². The van der Waals surface area contributed by atoms with Crippen molar-refractivity contribution in [1.29, 1.82) is 5.26 Å². The molecular weight excluding hydrogens is 308 g/mol. The zero-order chi connectivity index (χ0) is 17.5. The molecule has 1 heterocycles. The molecule has 128 valence electrons. The Labute approximate surface area is 142 Å². The van der Waals surface area contributed by atoms with Gasteiger partial charge in [-0.1, -0.05) is 6.07 Å². The molecule has 1 saturated heterocycles. The number of likely N-dealkylation sites (tertiary alicyclic amines) is 1. The van der Waals surface area contributed by atoms with Gasteiger partial charge in [0.05, 0.1) is 20.3 Å². The maximum atomic E-state index is 12.3. The Morgan fingerprint density at radius 2 is 1.88 bits per heavy atom. The van der Waals surface area contributed by atoms with Crippen LogP contribution in [0.2, 0.25) is 0 Å². The summed E-state index contributed by atoms with van der Waals surface area (Å²) in [5.41, 5.74) is 0.895. The quantitative estimate of drug-likeness (QED) is 0.714. The lowest BCUT2D eigenvalue weighted by Crippen LogP contribution is -2.37. The highest BCUT2D eigenvalue weighted by atomic mass is 16.5. The number of methoxy groups -OCH3 is 2. The average molecular weight is 330 g/mol. The number of aryl methyl sites for hydroxylation is 1. The van der Waals surface area contributed by atoms with Gasteiger partial charge in [-0.2, -0.15) is 5.26 Å². The van der Waals surface area contributed by atoms with Gasteiger partial charge in [0.2, 0.25) is 5.91 Å². The van der Waals surface area contributed by atoms with Crippen LogP contribution in [0.25, 0.3) is 0 Å². The minimum Gasteiger partial charge on any atom is -0.493 e. The number of nitriles is 1. The lowest BCUT2D eigenvalue weighted by atomic mass is 9.97. The van der Waals surface area contributed by atoms with Crippen molar-refractivity contribution in [2.24, 2.45) is 5.92 Å². The Hall–Kier alpha value is -2.55. The number of nitrogens with zero attached hydrogens (tertiary/aromatic N) is 2. The van der Waals surface area contributed by atoms with Crippen LogP contribution in [0, 0.1) is 17.2 Å². The molecular formula is C18H22N2O4. The third kappa shape index (κ3) is 4.05. The van der Waals surface area contributed by atoms with E-state index in [0.29, 0.717) is 31.0 Å². The van der Waals surface area contributed by atoms with Gasteiger partial charge in [0.15, 0.2) is 23.2 Å². The predicted octanol–water partition coefficient (Wildman–Crippen LogP) is 1.97. The molecule has 0 aromatic heterocycles. The first-order valence-corrected chi connectivity index (χ1v) is 8.02. The van der Waals surface area contributed by atoms with Crippen LogP contribution in [0.5, 0.6) is 11.5 Å². The van der Waals surface area contributed by atoms with E-state index in [2.05, 4.69) is 0 Å². The zero-order valence-corrected chi connectivity index (χ0v) is 14.1. The summed E-state index contributed by atoms with van der Waals surface area (Å²) in [6.07, 6.45) is 2.46. The first-order valence-electron chi connectivity index (χ1n) is 8.02. The molecule has 2 rings (SSSR count). The van der Waals surface area contributed by atoms with Crippen molar-refractivity contribution in [3.05, 3.63) is 23.8 Å². The van der Waals surface area contributed by atoms with Crippen molar-refractivity contribution in [3.63, 3.8) is 0 Å². The number of benzene rings is 1. The third-order valence-corrected chi connectivity index (χ3v) is 4.22. The van der Waals surface area contributed by atoms with Gasteiger partial charge in [0, 0.05) is 19.5 Å². The number of amides is 1. The fourth-order valence-electron chi connectivity index (χ4n) is 2.83. The number of carbonyl (C=O) groups is 2. The maximum Gasteiger partial charge on any atom is 0.247 e. The third-order valence-electron chi connectivity index (χ3n) is 4.22. The van der Waals surface area contributed by atoms with Crippen LogP contribution < -0.4 is 9.47 Å². The van der Waals surface area contributed by atoms with Gasteiger partial charge >= 0.3 is 0 Å². The van der Waals surface area contributed by atoms with E-state index in [0.717, 1.165) is 18.4 Å². The summed E-state index contributed by atoms with van der Waals surface area (Å²) >= 11 is 0. The number of ketones is 1. The van der Waals surface area contributed by atoms with E-state index in [1.807, 2.05) is 12.1 Å². The van der Waals surface area contributed by atoms with Gasteiger partial charge in [-0.3, -0.25) is 9.59 Å². The van der Waals surface area contributed by atoms with Crippen LogP contribution in [0.1, 0.15) is 24.8 Å². The van der Waals surface area contributed by atoms with Crippen LogP contribution >= 0.6 is 0 Å². The van der Waals surface area contributed by atoms with E-state index < -0.39 is 5.92 Å². The van der Waals surface area contributed by atoms with E-state index in [9.17, 15) is 14.9 Å². The summed E-state index contributed by atoms with van der Waals surface area (Å²) in [6, 6.07) is 7.29. The molecule has 1 aromatic rings. The Morgan fingerprint density at radius 3 is 2.46 bits per heavy atom. The second-order valence-corrected chi connectivity index (χ2v) is 5.75. The second-order valence-electron chi connectivity index (χ2n) is 5.75. The Kier molecular flexibility index (Phi) is 6.19. The number of ether oxygens (including phenoxy) is 2. The number of hydrogen-bond acceptors (Lipinski definition) is 5. The Bertz CT molecular complexity index is 645. The standard InChI is InChI=1S/C18H22N2O4/c1-23-16-8-6-13(11-17(16)24-2)5-7-15(21)14(12-19)18(22)20-9-3-4-10-20/h6,8,11,14H,3-5,7,9-10H2,1-2H3. The first kappa shape index (κ1) is 17.8. The van der Waals surface area contributed by atoms with Crippen LogP contribution in [-0.2, 0) is 16.0 Å². The second kappa shape index (κ2) is 8.34. The van der Waals surface area contributed by atoms with Crippen LogP contribution in [0.4, 0.5) is 0 Å². The topological polar surface area (TPSA) is 79.6 Å². The molecule has 6 heteroatoms. The summed E-state index contributed by atoms with van der Waals surface area (Å²) in [5.74, 6) is -0.668. The van der Waals surface area contributed by atoms with Crippen LogP contribution in [0.3, 0.4) is 0 Å². The monoisotopic (exact) mass is 330 g/mol. The van der Waals surface area contributed by atoms with Gasteiger partial charge in [-0.15, -0.1) is 0 Å². The molecule has 1 atom stereocenters. The average Bonchev–Trinajstić information content (AvgIpc) is 3.14. The largest absolute Gasteiger partial charge is 0.493 e. The number of rotatable bonds is 7. The molecule has 1 fully saturated rings. The highest BCUT2D eigenvalue weighted by molar-refractivity contribution is 6.04. The molecule has 0 bridgehead atoms. The van der Waals surface area contributed by atoms with Crippen molar-refractivity contribution >= 4 is 11.7 Å². The zero-order valence-electron chi connectivity index (χ0n) is 14.1. The van der Waals surface area contributed by atoms with Gasteiger partial charge in [0.25, 0.3) is 0 Å². The van der Waals surface area contributed by atoms with Crippen molar-refractivity contribution in [3.8, 4) is 17.6 Å². The van der Waals surface area contributed by atoms with E-state index in [4.69, 9.17) is 9.47 Å². The smallest absolute Gasteiger partial charge is 0.247 e. The predicted molar refractivity (Wildman–Crippen MR) is 87.8 cm³/mol. The lowest BCUT2D eigenvalue weighted by Gasteiger charge is -2.18. The Morgan fingerprint density at radius 1 is 1.21 bits per heavy atom. The van der Waals surface area contributed by atoms with Crippen molar-refractivity contribution in [2.45, 2.75) is 25.7 Å². The molecule has 1 aromatic carbocycles. The molecule has 6 nitrogen and oxygen atoms in total. The van der Waals surface area contributed by atoms with Gasteiger partial charge in [-0.05, 0) is 37.0 Å². The molecule has 0 aliphatic carbocycles. The molecule has 0 radical (unpaired) electrons. The Balaban J connectivity index is 1.98. The molecule has 24 heavy (non-hydrogen) atoms. The molecule has 0 saturated carbocycles. The molecule has 1 amide bonds. The van der Waals surface area contributed by atoms with E-state index in [-0.39, 0.29) is 18.1 Å². The number of Topliss-reactive ketones (excluding diaryl/α,β-unsaturated/α-hetero) is 1. The molecule has 0 spiro atoms. The summed E-state index contributed by atoms with van der Waals surface area (Å²) in [4.78, 5) is 26.2. The van der Waals surface area contributed by atoms with E-state index in [1.54, 1.807) is 31.3 Å². The van der Waals surface area contributed by atoms with E-state index in [1.165, 1.54) is 0 Å². The first-order chi connectivity index (χ1) is 11.6. The fraction of sp³-hybridized carbons (Fsp3) is 0.500. The SMILES string of the molecule is COc1ccc(CCC(=O)C(C#N)C(=O)N2CCCC2)cc1OC. The molecule has 1 aliphatic rings. The van der Waals surface area contributed by atoms with Crippen molar-refractivity contribution < 1.29 is 19.1 Å². The number of carbonyl (C=O) groups excluding carboxylic acids is 2. The molecule has 1 aliphatic heterocycles. The molecule has 0 N–H and O–H groups in total. The molecule has 1 unspecified atom stereocenters. The minimum atomic E-state index is -1.19. The van der Waals surface area contributed by atoms with Gasteiger partial charge < -0.3 is 14.4 Å². The lowest BCUT2D eigenvalue weighted by molar-refractivity contribution is -0.138. The highest BCUT2D eigenvalue weighted by Crippen LogP contribution is 2.28. The number of hydrogen-bond donors (Lipinski definition) is 0. The van der Waals surface area contributed by atoms with Crippen molar-refractivity contribution in [1.82, 2.24) is 4.90 Å². The summed E-state index contributed by atoms with van der Waals surface area (Å²) in [5, 5.41) is 9.22. The van der Waals surface area contributed by atoms with E-state index >= 15 is 0 Å². The minimum absolute atomic E-state index is 0.146. The van der Waals surface area contributed by atoms with Gasteiger partial charge in [0.1, 0.15) is 0 Å².